The standard InChI is InChI=1S/C10H13F2N/c1-10(6-11,7-13)8-2-4-9(12)5-3-8/h2-5H,6-7,13H2,1H3. The van der Waals surface area contributed by atoms with Crippen LogP contribution in [0.25, 0.3) is 0 Å². The van der Waals surface area contributed by atoms with Gasteiger partial charge in [0, 0.05) is 12.0 Å². The molecule has 0 radical (unpaired) electrons. The fraction of sp³-hybridized carbons (Fsp3) is 0.400. The van der Waals surface area contributed by atoms with Gasteiger partial charge in [-0.1, -0.05) is 19.1 Å². The first kappa shape index (κ1) is 10.1. The van der Waals surface area contributed by atoms with Crippen molar-refractivity contribution in [3.05, 3.63) is 35.6 Å². The maximum absolute atomic E-state index is 12.7. The fourth-order valence-electron chi connectivity index (χ4n) is 1.10. The van der Waals surface area contributed by atoms with Gasteiger partial charge in [0.2, 0.25) is 0 Å². The number of hydrogen-bond acceptors (Lipinski definition) is 1. The molecule has 0 saturated carbocycles. The van der Waals surface area contributed by atoms with Crippen LogP contribution in [0.1, 0.15) is 12.5 Å². The Morgan fingerprint density at radius 3 is 2.23 bits per heavy atom. The monoisotopic (exact) mass is 185 g/mol. The van der Waals surface area contributed by atoms with E-state index in [1.54, 1.807) is 19.1 Å². The van der Waals surface area contributed by atoms with Gasteiger partial charge in [0.25, 0.3) is 0 Å². The minimum Gasteiger partial charge on any atom is -0.329 e. The molecule has 0 heterocycles. The molecule has 1 aromatic rings. The number of benzene rings is 1. The van der Waals surface area contributed by atoms with Gasteiger partial charge in [0.1, 0.15) is 5.82 Å². The maximum Gasteiger partial charge on any atom is 0.123 e. The van der Waals surface area contributed by atoms with Crippen LogP contribution in [-0.2, 0) is 5.41 Å². The Morgan fingerprint density at radius 2 is 1.85 bits per heavy atom. The van der Waals surface area contributed by atoms with E-state index in [1.807, 2.05) is 0 Å². The Morgan fingerprint density at radius 1 is 1.31 bits per heavy atom. The van der Waals surface area contributed by atoms with Crippen LogP contribution in [0.4, 0.5) is 8.78 Å². The van der Waals surface area contributed by atoms with E-state index in [0.29, 0.717) is 0 Å². The molecule has 2 N–H and O–H groups in total. The van der Waals surface area contributed by atoms with E-state index in [9.17, 15) is 8.78 Å². The van der Waals surface area contributed by atoms with E-state index in [0.717, 1.165) is 5.56 Å². The summed E-state index contributed by atoms with van der Waals surface area (Å²) < 4.78 is 25.2. The highest BCUT2D eigenvalue weighted by Gasteiger charge is 2.24. The van der Waals surface area contributed by atoms with E-state index >= 15 is 0 Å². The molecule has 0 aliphatic carbocycles. The summed E-state index contributed by atoms with van der Waals surface area (Å²) in [5.41, 5.74) is 5.50. The molecule has 0 spiro atoms. The van der Waals surface area contributed by atoms with Crippen molar-refractivity contribution in [1.82, 2.24) is 0 Å². The number of rotatable bonds is 3. The third-order valence-corrected chi connectivity index (χ3v) is 2.29. The Labute approximate surface area is 76.6 Å². The summed E-state index contributed by atoms with van der Waals surface area (Å²) in [5, 5.41) is 0. The molecule has 13 heavy (non-hydrogen) atoms. The van der Waals surface area contributed by atoms with Crippen LogP contribution in [0.3, 0.4) is 0 Å². The lowest BCUT2D eigenvalue weighted by Gasteiger charge is -2.24. The molecule has 72 valence electrons. The first-order valence-corrected chi connectivity index (χ1v) is 4.14. The molecule has 0 aliphatic heterocycles. The zero-order valence-corrected chi connectivity index (χ0v) is 7.56. The Kier molecular flexibility index (Phi) is 2.98. The van der Waals surface area contributed by atoms with Crippen LogP contribution in [-0.4, -0.2) is 13.2 Å². The van der Waals surface area contributed by atoms with E-state index < -0.39 is 12.1 Å². The average molecular weight is 185 g/mol. The summed E-state index contributed by atoms with van der Waals surface area (Å²) in [6.07, 6.45) is 0. The molecule has 0 fully saturated rings. The summed E-state index contributed by atoms with van der Waals surface area (Å²) in [4.78, 5) is 0. The van der Waals surface area contributed by atoms with Crippen molar-refractivity contribution in [3.63, 3.8) is 0 Å². The number of hydrogen-bond donors (Lipinski definition) is 1. The molecular formula is C10H13F2N. The SMILES string of the molecule is CC(CN)(CF)c1ccc(F)cc1. The van der Waals surface area contributed by atoms with Gasteiger partial charge in [-0.15, -0.1) is 0 Å². The van der Waals surface area contributed by atoms with Crippen molar-refractivity contribution in [3.8, 4) is 0 Å². The molecular weight excluding hydrogens is 172 g/mol. The Balaban J connectivity index is 2.99. The second-order valence-electron chi connectivity index (χ2n) is 3.41. The molecule has 0 aliphatic rings. The van der Waals surface area contributed by atoms with Crippen LogP contribution >= 0.6 is 0 Å². The van der Waals surface area contributed by atoms with Gasteiger partial charge in [-0.3, -0.25) is 4.39 Å². The quantitative estimate of drug-likeness (QED) is 0.765. The third-order valence-electron chi connectivity index (χ3n) is 2.29. The second kappa shape index (κ2) is 3.83. The zero-order chi connectivity index (χ0) is 9.90. The molecule has 1 nitrogen and oxygen atoms in total. The lowest BCUT2D eigenvalue weighted by Crippen LogP contribution is -2.33. The predicted octanol–water partition coefficient (Wildman–Crippen LogP) is 2.01. The first-order chi connectivity index (χ1) is 6.12. The zero-order valence-electron chi connectivity index (χ0n) is 7.56. The second-order valence-corrected chi connectivity index (χ2v) is 3.41. The number of nitrogens with two attached hydrogens (primary N) is 1. The molecule has 0 bridgehead atoms. The van der Waals surface area contributed by atoms with Gasteiger partial charge >= 0.3 is 0 Å². The van der Waals surface area contributed by atoms with Crippen LogP contribution in [0, 0.1) is 5.82 Å². The normalized spacial score (nSPS) is 15.4. The maximum atomic E-state index is 12.7. The Bertz CT molecular complexity index is 265. The van der Waals surface area contributed by atoms with Crippen molar-refractivity contribution in [2.75, 3.05) is 13.2 Å². The van der Waals surface area contributed by atoms with E-state index in [2.05, 4.69) is 0 Å². The molecule has 1 atom stereocenters. The van der Waals surface area contributed by atoms with Gasteiger partial charge in [-0.05, 0) is 17.7 Å². The summed E-state index contributed by atoms with van der Waals surface area (Å²) in [5.74, 6) is -0.318. The van der Waals surface area contributed by atoms with E-state index in [4.69, 9.17) is 5.73 Å². The summed E-state index contributed by atoms with van der Waals surface area (Å²) >= 11 is 0. The topological polar surface area (TPSA) is 26.0 Å². The summed E-state index contributed by atoms with van der Waals surface area (Å²) in [6, 6.07) is 5.78. The van der Waals surface area contributed by atoms with Crippen LogP contribution < -0.4 is 5.73 Å². The number of halogens is 2. The highest BCUT2D eigenvalue weighted by Crippen LogP contribution is 2.23. The van der Waals surface area contributed by atoms with E-state index in [-0.39, 0.29) is 12.4 Å². The van der Waals surface area contributed by atoms with Crippen LogP contribution in [0.15, 0.2) is 24.3 Å². The molecule has 3 heteroatoms. The van der Waals surface area contributed by atoms with Crippen LogP contribution in [0.2, 0.25) is 0 Å². The van der Waals surface area contributed by atoms with Crippen molar-refractivity contribution in [2.45, 2.75) is 12.3 Å². The smallest absolute Gasteiger partial charge is 0.123 e. The highest BCUT2D eigenvalue weighted by atomic mass is 19.1. The fourth-order valence-corrected chi connectivity index (χ4v) is 1.10. The molecule has 0 amide bonds. The van der Waals surface area contributed by atoms with Crippen molar-refractivity contribution in [2.24, 2.45) is 5.73 Å². The van der Waals surface area contributed by atoms with E-state index in [1.165, 1.54) is 12.1 Å². The summed E-state index contributed by atoms with van der Waals surface area (Å²) in [6.45, 7) is 1.41. The highest BCUT2D eigenvalue weighted by molar-refractivity contribution is 5.25. The van der Waals surface area contributed by atoms with Gasteiger partial charge in [-0.2, -0.15) is 0 Å². The summed E-state index contributed by atoms with van der Waals surface area (Å²) in [7, 11) is 0. The predicted molar refractivity (Wildman–Crippen MR) is 48.8 cm³/mol. The molecule has 0 aromatic heterocycles. The van der Waals surface area contributed by atoms with Gasteiger partial charge in [0.15, 0.2) is 0 Å². The molecule has 1 rings (SSSR count). The minimum absolute atomic E-state index is 0.217. The van der Waals surface area contributed by atoms with Gasteiger partial charge in [0.05, 0.1) is 6.67 Å². The van der Waals surface area contributed by atoms with Crippen molar-refractivity contribution in [1.29, 1.82) is 0 Å². The van der Waals surface area contributed by atoms with Crippen LogP contribution in [0.5, 0.6) is 0 Å². The largest absolute Gasteiger partial charge is 0.329 e. The first-order valence-electron chi connectivity index (χ1n) is 4.14. The molecule has 1 aromatic carbocycles. The molecule has 0 saturated heterocycles. The third kappa shape index (κ3) is 2.04. The average Bonchev–Trinajstić information content (AvgIpc) is 2.18. The van der Waals surface area contributed by atoms with Crippen molar-refractivity contribution >= 4 is 0 Å². The lowest BCUT2D eigenvalue weighted by atomic mass is 9.84. The Hall–Kier alpha value is -0.960. The van der Waals surface area contributed by atoms with Gasteiger partial charge in [-0.25, -0.2) is 4.39 Å². The number of alkyl halides is 1. The van der Waals surface area contributed by atoms with Crippen molar-refractivity contribution < 1.29 is 8.78 Å². The lowest BCUT2D eigenvalue weighted by molar-refractivity contribution is 0.333. The minimum atomic E-state index is -0.687. The molecule has 1 unspecified atom stereocenters. The van der Waals surface area contributed by atoms with Gasteiger partial charge < -0.3 is 5.73 Å².